The minimum absolute atomic E-state index is 0.0896. The third kappa shape index (κ3) is 5.77. The van der Waals surface area contributed by atoms with Gasteiger partial charge in [0.25, 0.3) is 0 Å². The third-order valence-corrected chi connectivity index (χ3v) is 3.98. The number of benzene rings is 2. The highest BCUT2D eigenvalue weighted by Crippen LogP contribution is 2.30. The normalized spacial score (nSPS) is 12.4. The molecule has 1 atom stereocenters. The fraction of sp³-hybridized carbons (Fsp3) is 0.263. The minimum Gasteiger partial charge on any atom is -0.485 e. The van der Waals surface area contributed by atoms with Gasteiger partial charge in [0, 0.05) is 0 Å². The average molecular weight is 405 g/mol. The van der Waals surface area contributed by atoms with E-state index in [-0.39, 0.29) is 13.2 Å². The molecule has 0 aliphatic rings. The first-order chi connectivity index (χ1) is 13.8. The number of carbonyl (C=O) groups excluding carboxylic acids is 1. The molecule has 0 fully saturated rings. The van der Waals surface area contributed by atoms with E-state index < -0.39 is 23.7 Å². The van der Waals surface area contributed by atoms with Crippen LogP contribution in [0, 0.1) is 0 Å². The molecule has 0 aliphatic carbocycles. The van der Waals surface area contributed by atoms with E-state index in [2.05, 4.69) is 20.7 Å². The zero-order chi connectivity index (χ0) is 20.9. The van der Waals surface area contributed by atoms with Crippen LogP contribution in [0.2, 0.25) is 0 Å². The van der Waals surface area contributed by atoms with Gasteiger partial charge in [-0.25, -0.2) is 0 Å². The molecule has 0 bridgehead atoms. The SMILES string of the molecule is C[C@@H](NC(=O)Cn1nnc(COc2ccccc2)n1)c1cccc(C(F)(F)F)c1. The number of amides is 1. The topological polar surface area (TPSA) is 81.9 Å². The predicted molar refractivity (Wildman–Crippen MR) is 96.6 cm³/mol. The molecular weight excluding hydrogens is 387 g/mol. The Labute approximate surface area is 164 Å². The summed E-state index contributed by atoms with van der Waals surface area (Å²) < 4.78 is 44.0. The maximum absolute atomic E-state index is 12.8. The van der Waals surface area contributed by atoms with Crippen molar-refractivity contribution in [2.75, 3.05) is 0 Å². The van der Waals surface area contributed by atoms with Gasteiger partial charge in [-0.1, -0.05) is 30.3 Å². The van der Waals surface area contributed by atoms with Crippen LogP contribution in [0.5, 0.6) is 5.75 Å². The molecule has 29 heavy (non-hydrogen) atoms. The van der Waals surface area contributed by atoms with E-state index in [0.29, 0.717) is 17.1 Å². The molecular formula is C19H18F3N5O2. The molecule has 3 rings (SSSR count). The number of para-hydroxylation sites is 1. The highest BCUT2D eigenvalue weighted by molar-refractivity contribution is 5.76. The first kappa shape index (κ1) is 20.3. The quantitative estimate of drug-likeness (QED) is 0.653. The number of halogens is 3. The molecule has 1 N–H and O–H groups in total. The molecule has 3 aromatic rings. The maximum Gasteiger partial charge on any atom is 0.416 e. The Kier molecular flexibility index (Phi) is 6.10. The molecule has 0 spiro atoms. The van der Waals surface area contributed by atoms with Gasteiger partial charge < -0.3 is 10.1 Å². The maximum atomic E-state index is 12.8. The highest BCUT2D eigenvalue weighted by atomic mass is 19.4. The number of nitrogens with one attached hydrogen (secondary N) is 1. The van der Waals surface area contributed by atoms with E-state index in [1.807, 2.05) is 18.2 Å². The fourth-order valence-electron chi connectivity index (χ4n) is 2.55. The van der Waals surface area contributed by atoms with E-state index >= 15 is 0 Å². The van der Waals surface area contributed by atoms with Gasteiger partial charge in [-0.3, -0.25) is 4.79 Å². The molecule has 1 aromatic heterocycles. The van der Waals surface area contributed by atoms with Gasteiger partial charge in [0.15, 0.2) is 6.61 Å². The molecule has 10 heteroatoms. The Morgan fingerprint density at radius 2 is 1.93 bits per heavy atom. The number of nitrogens with zero attached hydrogens (tertiary/aromatic N) is 4. The summed E-state index contributed by atoms with van der Waals surface area (Å²) in [6.45, 7) is 1.47. The van der Waals surface area contributed by atoms with E-state index in [1.54, 1.807) is 19.1 Å². The van der Waals surface area contributed by atoms with Gasteiger partial charge in [0.1, 0.15) is 12.3 Å². The number of alkyl halides is 3. The van der Waals surface area contributed by atoms with Crippen molar-refractivity contribution in [2.45, 2.75) is 32.3 Å². The van der Waals surface area contributed by atoms with Gasteiger partial charge in [0.05, 0.1) is 11.6 Å². The lowest BCUT2D eigenvalue weighted by atomic mass is 10.0. The van der Waals surface area contributed by atoms with Gasteiger partial charge in [0.2, 0.25) is 11.7 Å². The number of tetrazole rings is 1. The van der Waals surface area contributed by atoms with E-state index in [0.717, 1.165) is 16.9 Å². The lowest BCUT2D eigenvalue weighted by molar-refractivity contribution is -0.137. The average Bonchev–Trinajstić information content (AvgIpc) is 3.13. The van der Waals surface area contributed by atoms with Crippen molar-refractivity contribution in [3.63, 3.8) is 0 Å². The van der Waals surface area contributed by atoms with Crippen LogP contribution in [0.25, 0.3) is 0 Å². The second kappa shape index (κ2) is 8.72. The summed E-state index contributed by atoms with van der Waals surface area (Å²) in [7, 11) is 0. The van der Waals surface area contributed by atoms with Crippen molar-refractivity contribution in [1.29, 1.82) is 0 Å². The van der Waals surface area contributed by atoms with Crippen LogP contribution >= 0.6 is 0 Å². The van der Waals surface area contributed by atoms with Crippen LogP contribution in [-0.4, -0.2) is 26.1 Å². The van der Waals surface area contributed by atoms with Crippen LogP contribution < -0.4 is 10.1 Å². The van der Waals surface area contributed by atoms with Gasteiger partial charge in [-0.2, -0.15) is 18.0 Å². The Morgan fingerprint density at radius 1 is 1.17 bits per heavy atom. The standard InChI is InChI=1S/C19H18F3N5O2/c1-13(14-6-5-7-15(10-14)19(20,21)22)23-18(28)11-27-25-17(24-26-27)12-29-16-8-3-2-4-9-16/h2-10,13H,11-12H2,1H3,(H,23,28)/t13-/m1/s1. The Balaban J connectivity index is 1.54. The first-order valence-electron chi connectivity index (χ1n) is 8.72. The molecule has 0 unspecified atom stereocenters. The lowest BCUT2D eigenvalue weighted by Crippen LogP contribution is -2.31. The van der Waals surface area contributed by atoms with Crippen molar-refractivity contribution >= 4 is 5.91 Å². The van der Waals surface area contributed by atoms with Gasteiger partial charge >= 0.3 is 6.18 Å². The molecule has 1 amide bonds. The number of ether oxygens (including phenoxy) is 1. The monoisotopic (exact) mass is 405 g/mol. The van der Waals surface area contributed by atoms with Crippen LogP contribution in [0.3, 0.4) is 0 Å². The van der Waals surface area contributed by atoms with Crippen LogP contribution in [0.15, 0.2) is 54.6 Å². The van der Waals surface area contributed by atoms with Crippen molar-refractivity contribution in [3.8, 4) is 5.75 Å². The van der Waals surface area contributed by atoms with E-state index in [1.165, 1.54) is 12.1 Å². The molecule has 152 valence electrons. The number of rotatable bonds is 7. The first-order valence-corrected chi connectivity index (χ1v) is 8.72. The Bertz CT molecular complexity index is 960. The largest absolute Gasteiger partial charge is 0.485 e. The van der Waals surface area contributed by atoms with E-state index in [4.69, 9.17) is 4.74 Å². The fourth-order valence-corrected chi connectivity index (χ4v) is 2.55. The molecule has 0 radical (unpaired) electrons. The van der Waals surface area contributed by atoms with E-state index in [9.17, 15) is 18.0 Å². The molecule has 0 aliphatic heterocycles. The Hall–Kier alpha value is -3.43. The smallest absolute Gasteiger partial charge is 0.416 e. The highest BCUT2D eigenvalue weighted by Gasteiger charge is 2.30. The van der Waals surface area contributed by atoms with Crippen LogP contribution in [-0.2, 0) is 24.1 Å². The zero-order valence-electron chi connectivity index (χ0n) is 15.4. The summed E-state index contributed by atoms with van der Waals surface area (Å²) in [5.74, 6) is 0.493. The van der Waals surface area contributed by atoms with Gasteiger partial charge in [-0.15, -0.1) is 10.2 Å². The summed E-state index contributed by atoms with van der Waals surface area (Å²) in [5, 5.41) is 14.3. The van der Waals surface area contributed by atoms with Crippen LogP contribution in [0.1, 0.15) is 29.9 Å². The summed E-state index contributed by atoms with van der Waals surface area (Å²) in [5.41, 5.74) is -0.422. The second-order valence-corrected chi connectivity index (χ2v) is 6.25. The van der Waals surface area contributed by atoms with Crippen LogP contribution in [0.4, 0.5) is 13.2 Å². The number of aromatic nitrogens is 4. The molecule has 1 heterocycles. The van der Waals surface area contributed by atoms with Crippen molar-refractivity contribution in [1.82, 2.24) is 25.5 Å². The van der Waals surface area contributed by atoms with Crippen molar-refractivity contribution < 1.29 is 22.7 Å². The predicted octanol–water partition coefficient (Wildman–Crippen LogP) is 3.15. The zero-order valence-corrected chi connectivity index (χ0v) is 15.4. The third-order valence-electron chi connectivity index (χ3n) is 3.98. The molecule has 7 nitrogen and oxygen atoms in total. The van der Waals surface area contributed by atoms with Gasteiger partial charge in [-0.05, 0) is 42.0 Å². The molecule has 2 aromatic carbocycles. The summed E-state index contributed by atoms with van der Waals surface area (Å²) >= 11 is 0. The number of hydrogen-bond donors (Lipinski definition) is 1. The molecule has 0 saturated carbocycles. The summed E-state index contributed by atoms with van der Waals surface area (Å²) in [6.07, 6.45) is -4.44. The second-order valence-electron chi connectivity index (χ2n) is 6.25. The number of carbonyl (C=O) groups is 1. The number of hydrogen-bond acceptors (Lipinski definition) is 5. The summed E-state index contributed by atoms with van der Waals surface area (Å²) in [6, 6.07) is 13.3. The van der Waals surface area contributed by atoms with Crippen molar-refractivity contribution in [3.05, 3.63) is 71.5 Å². The summed E-state index contributed by atoms with van der Waals surface area (Å²) in [4.78, 5) is 13.3. The molecule has 0 saturated heterocycles. The van der Waals surface area contributed by atoms with Crippen molar-refractivity contribution in [2.24, 2.45) is 0 Å². The lowest BCUT2D eigenvalue weighted by Gasteiger charge is -2.16. The minimum atomic E-state index is -4.44. The Morgan fingerprint density at radius 3 is 2.66 bits per heavy atom.